The van der Waals surface area contributed by atoms with E-state index in [1.807, 2.05) is 20.8 Å². The summed E-state index contributed by atoms with van der Waals surface area (Å²) in [5.41, 5.74) is 0.00852. The van der Waals surface area contributed by atoms with Crippen molar-refractivity contribution in [2.75, 3.05) is 5.32 Å². The maximum atomic E-state index is 11.9. The SMILES string of the molecule is CC(C)(C)OCc1c(NC(=O)OC(C)(C)C)cc(Cl)nc1Cl. The van der Waals surface area contributed by atoms with E-state index in [-0.39, 0.29) is 22.5 Å². The Morgan fingerprint density at radius 1 is 1.18 bits per heavy atom. The van der Waals surface area contributed by atoms with Crippen molar-refractivity contribution in [3.8, 4) is 0 Å². The highest BCUT2D eigenvalue weighted by atomic mass is 35.5. The molecule has 5 nitrogen and oxygen atoms in total. The number of carbonyl (C=O) groups is 1. The Morgan fingerprint density at radius 2 is 1.77 bits per heavy atom. The van der Waals surface area contributed by atoms with Crippen molar-refractivity contribution in [2.24, 2.45) is 0 Å². The van der Waals surface area contributed by atoms with Crippen LogP contribution in [0.5, 0.6) is 0 Å². The zero-order valence-electron chi connectivity index (χ0n) is 13.7. The van der Waals surface area contributed by atoms with E-state index in [0.29, 0.717) is 11.3 Å². The standard InChI is InChI=1S/C15H22Cl2N2O3/c1-14(2,3)21-8-9-10(7-11(16)19-12(9)17)18-13(20)22-15(4,5)6/h7H,8H2,1-6H3,(H,18,19,20). The van der Waals surface area contributed by atoms with Crippen molar-refractivity contribution in [1.82, 2.24) is 4.98 Å². The fourth-order valence-electron chi connectivity index (χ4n) is 1.46. The Kier molecular flexibility index (Phi) is 6.07. The molecule has 1 aromatic heterocycles. The predicted molar refractivity (Wildman–Crippen MR) is 88.7 cm³/mol. The Morgan fingerprint density at radius 3 is 2.27 bits per heavy atom. The van der Waals surface area contributed by atoms with Crippen LogP contribution in [0.1, 0.15) is 47.1 Å². The van der Waals surface area contributed by atoms with Crippen molar-refractivity contribution in [2.45, 2.75) is 59.4 Å². The number of amides is 1. The summed E-state index contributed by atoms with van der Waals surface area (Å²) in [5, 5.41) is 2.99. The van der Waals surface area contributed by atoms with Crippen molar-refractivity contribution in [1.29, 1.82) is 0 Å². The fourth-order valence-corrected chi connectivity index (χ4v) is 1.95. The quantitative estimate of drug-likeness (QED) is 0.776. The van der Waals surface area contributed by atoms with E-state index in [4.69, 9.17) is 32.7 Å². The Bertz CT molecular complexity index is 549. The van der Waals surface area contributed by atoms with Gasteiger partial charge in [-0.3, -0.25) is 5.32 Å². The number of anilines is 1. The molecule has 0 atom stereocenters. The number of aromatic nitrogens is 1. The second kappa shape index (κ2) is 7.02. The molecule has 0 aliphatic rings. The number of nitrogens with zero attached hydrogens (tertiary/aromatic N) is 1. The molecule has 1 heterocycles. The lowest BCUT2D eigenvalue weighted by molar-refractivity contribution is -0.0147. The van der Waals surface area contributed by atoms with E-state index in [1.165, 1.54) is 6.07 Å². The van der Waals surface area contributed by atoms with E-state index in [2.05, 4.69) is 10.3 Å². The topological polar surface area (TPSA) is 60.5 Å². The van der Waals surface area contributed by atoms with Crippen LogP contribution in [0.3, 0.4) is 0 Å². The molecular formula is C15H22Cl2N2O3. The first-order chi connectivity index (χ1) is 9.87. The molecule has 0 unspecified atom stereocenters. The Balaban J connectivity index is 2.99. The molecule has 0 bridgehead atoms. The molecule has 1 N–H and O–H groups in total. The molecule has 0 radical (unpaired) electrons. The summed E-state index contributed by atoms with van der Waals surface area (Å²) < 4.78 is 10.9. The predicted octanol–water partition coefficient (Wildman–Crippen LogP) is 5.05. The van der Waals surface area contributed by atoms with Gasteiger partial charge in [-0.2, -0.15) is 0 Å². The number of nitrogens with one attached hydrogen (secondary N) is 1. The van der Waals surface area contributed by atoms with E-state index in [1.54, 1.807) is 20.8 Å². The number of ether oxygens (including phenoxy) is 2. The minimum atomic E-state index is -0.604. The van der Waals surface area contributed by atoms with Crippen LogP contribution in [-0.4, -0.2) is 22.3 Å². The number of pyridine rings is 1. The van der Waals surface area contributed by atoms with Crippen LogP contribution < -0.4 is 5.32 Å². The Hall–Kier alpha value is -1.04. The average Bonchev–Trinajstić information content (AvgIpc) is 2.22. The van der Waals surface area contributed by atoms with Crippen molar-refractivity contribution in [3.05, 3.63) is 21.9 Å². The van der Waals surface area contributed by atoms with Gasteiger partial charge >= 0.3 is 6.09 Å². The first-order valence-electron chi connectivity index (χ1n) is 6.86. The lowest BCUT2D eigenvalue weighted by Gasteiger charge is -2.23. The number of halogens is 2. The van der Waals surface area contributed by atoms with Crippen LogP contribution in [0.25, 0.3) is 0 Å². The lowest BCUT2D eigenvalue weighted by atomic mass is 10.2. The summed E-state index contributed by atoms with van der Waals surface area (Å²) in [5.74, 6) is 0. The number of carbonyl (C=O) groups excluding carboxylic acids is 1. The van der Waals surface area contributed by atoms with Crippen molar-refractivity contribution >= 4 is 35.0 Å². The molecule has 0 aliphatic heterocycles. The third-order valence-electron chi connectivity index (χ3n) is 2.33. The van der Waals surface area contributed by atoms with Gasteiger partial charge in [0.05, 0.1) is 17.9 Å². The highest BCUT2D eigenvalue weighted by molar-refractivity contribution is 6.33. The molecule has 0 spiro atoms. The third-order valence-corrected chi connectivity index (χ3v) is 2.83. The number of rotatable bonds is 3. The molecule has 0 aromatic carbocycles. The molecule has 1 rings (SSSR count). The first-order valence-corrected chi connectivity index (χ1v) is 7.62. The van der Waals surface area contributed by atoms with E-state index in [9.17, 15) is 4.79 Å². The van der Waals surface area contributed by atoms with Crippen LogP contribution in [0.2, 0.25) is 10.3 Å². The van der Waals surface area contributed by atoms with Gasteiger partial charge in [-0.1, -0.05) is 23.2 Å². The van der Waals surface area contributed by atoms with Gasteiger partial charge in [0.1, 0.15) is 15.9 Å². The molecular weight excluding hydrogens is 327 g/mol. The van der Waals surface area contributed by atoms with Gasteiger partial charge in [0, 0.05) is 5.56 Å². The smallest absolute Gasteiger partial charge is 0.412 e. The molecule has 0 saturated heterocycles. The number of hydrogen-bond donors (Lipinski definition) is 1. The minimum Gasteiger partial charge on any atom is -0.444 e. The summed E-state index contributed by atoms with van der Waals surface area (Å²) in [7, 11) is 0. The second-order valence-electron chi connectivity index (χ2n) is 6.79. The molecule has 0 aliphatic carbocycles. The van der Waals surface area contributed by atoms with Crippen molar-refractivity contribution in [3.63, 3.8) is 0 Å². The molecule has 1 aromatic rings. The second-order valence-corrected chi connectivity index (χ2v) is 7.54. The highest BCUT2D eigenvalue weighted by Gasteiger charge is 2.20. The van der Waals surface area contributed by atoms with Crippen LogP contribution in [0, 0.1) is 0 Å². The summed E-state index contributed by atoms with van der Waals surface area (Å²) in [6, 6.07) is 1.51. The minimum absolute atomic E-state index is 0.176. The largest absolute Gasteiger partial charge is 0.444 e. The molecule has 0 fully saturated rings. The Labute approximate surface area is 141 Å². The van der Waals surface area contributed by atoms with E-state index >= 15 is 0 Å². The summed E-state index contributed by atoms with van der Waals surface area (Å²) in [6.07, 6.45) is -0.595. The molecule has 0 saturated carbocycles. The zero-order chi connectivity index (χ0) is 17.1. The zero-order valence-corrected chi connectivity index (χ0v) is 15.2. The first kappa shape index (κ1) is 19.0. The summed E-state index contributed by atoms with van der Waals surface area (Å²) in [4.78, 5) is 15.9. The monoisotopic (exact) mass is 348 g/mol. The van der Waals surface area contributed by atoms with E-state index < -0.39 is 11.7 Å². The normalized spacial score (nSPS) is 12.2. The van der Waals surface area contributed by atoms with E-state index in [0.717, 1.165) is 0 Å². The van der Waals surface area contributed by atoms with Crippen LogP contribution >= 0.6 is 23.2 Å². The fraction of sp³-hybridized carbons (Fsp3) is 0.600. The van der Waals surface area contributed by atoms with Crippen LogP contribution in [-0.2, 0) is 16.1 Å². The maximum Gasteiger partial charge on any atom is 0.412 e. The number of hydrogen-bond acceptors (Lipinski definition) is 4. The van der Waals surface area contributed by atoms with Gasteiger partial charge in [-0.05, 0) is 47.6 Å². The maximum absolute atomic E-state index is 11.9. The van der Waals surface area contributed by atoms with Gasteiger partial charge < -0.3 is 9.47 Å². The molecule has 22 heavy (non-hydrogen) atoms. The van der Waals surface area contributed by atoms with Gasteiger partial charge in [-0.15, -0.1) is 0 Å². The summed E-state index contributed by atoms with van der Waals surface area (Å²) in [6.45, 7) is 11.3. The molecule has 124 valence electrons. The van der Waals surface area contributed by atoms with Crippen molar-refractivity contribution < 1.29 is 14.3 Å². The van der Waals surface area contributed by atoms with Crippen LogP contribution in [0.15, 0.2) is 6.07 Å². The molecule has 7 heteroatoms. The third kappa shape index (κ3) is 6.81. The van der Waals surface area contributed by atoms with Gasteiger partial charge in [0.25, 0.3) is 0 Å². The van der Waals surface area contributed by atoms with Gasteiger partial charge in [0.2, 0.25) is 0 Å². The van der Waals surface area contributed by atoms with Crippen LogP contribution in [0.4, 0.5) is 10.5 Å². The lowest BCUT2D eigenvalue weighted by Crippen LogP contribution is -2.28. The average molecular weight is 349 g/mol. The van der Waals surface area contributed by atoms with Gasteiger partial charge in [0.15, 0.2) is 0 Å². The highest BCUT2D eigenvalue weighted by Crippen LogP contribution is 2.28. The molecule has 1 amide bonds. The summed E-state index contributed by atoms with van der Waals surface area (Å²) >= 11 is 12.0. The van der Waals surface area contributed by atoms with Gasteiger partial charge in [-0.25, -0.2) is 9.78 Å².